The first-order valence-electron chi connectivity index (χ1n) is 3.86. The first-order valence-corrected chi connectivity index (χ1v) is 4.68. The second-order valence-corrected chi connectivity index (χ2v) is 3.67. The minimum Gasteiger partial charge on any atom is -0.542 e. The van der Waals surface area contributed by atoms with E-state index in [1.54, 1.807) is 25.3 Å². The number of rotatable bonds is 2. The van der Waals surface area contributed by atoms with E-state index in [0.717, 1.165) is 16.0 Å². The summed E-state index contributed by atoms with van der Waals surface area (Å²) in [4.78, 5) is 14.4. The van der Waals surface area contributed by atoms with Crippen molar-refractivity contribution in [3.8, 4) is 5.75 Å². The number of ether oxygens (including phenoxy) is 1. The third-order valence-corrected chi connectivity index (χ3v) is 2.77. The number of aromatic nitrogens is 1. The van der Waals surface area contributed by atoms with Crippen LogP contribution in [-0.2, 0) is 0 Å². The summed E-state index contributed by atoms with van der Waals surface area (Å²) >= 11 is 1.08. The van der Waals surface area contributed by atoms with Crippen molar-refractivity contribution in [2.75, 3.05) is 7.11 Å². The van der Waals surface area contributed by atoms with Crippen LogP contribution in [-0.4, -0.2) is 18.1 Å². The molecule has 0 N–H and O–H groups in total. The van der Waals surface area contributed by atoms with Crippen LogP contribution in [0, 0.1) is 0 Å². The Morgan fingerprint density at radius 3 is 2.87 bits per heavy atom. The average Bonchev–Trinajstić information content (AvgIpc) is 2.59. The molecule has 0 atom stereocenters. The van der Waals surface area contributed by atoms with Gasteiger partial charge in [-0.2, -0.15) is 0 Å². The van der Waals surface area contributed by atoms with Gasteiger partial charge in [-0.1, -0.05) is 0 Å². The van der Waals surface area contributed by atoms with Gasteiger partial charge < -0.3 is 14.6 Å². The number of carboxylic acid groups (broad SMARTS) is 1. The molecule has 2 aromatic rings. The second kappa shape index (κ2) is 4.94. The molecular formula is C9H6NNaO3S. The van der Waals surface area contributed by atoms with Gasteiger partial charge in [-0.25, -0.2) is 4.98 Å². The Hall–Kier alpha value is -0.620. The zero-order chi connectivity index (χ0) is 10.1. The quantitative estimate of drug-likeness (QED) is 0.544. The van der Waals surface area contributed by atoms with Crippen LogP contribution in [0.1, 0.15) is 9.80 Å². The molecule has 0 saturated heterocycles. The van der Waals surface area contributed by atoms with Crippen LogP contribution < -0.4 is 39.4 Å². The monoisotopic (exact) mass is 231 g/mol. The summed E-state index contributed by atoms with van der Waals surface area (Å²) in [6, 6.07) is 5.21. The number of hydrogen-bond donors (Lipinski definition) is 0. The summed E-state index contributed by atoms with van der Waals surface area (Å²) in [5, 5.41) is 10.5. The molecule has 1 heterocycles. The summed E-state index contributed by atoms with van der Waals surface area (Å²) in [7, 11) is 1.56. The van der Waals surface area contributed by atoms with Crippen molar-refractivity contribution in [2.24, 2.45) is 0 Å². The number of hydrogen-bond acceptors (Lipinski definition) is 5. The molecule has 0 unspecified atom stereocenters. The van der Waals surface area contributed by atoms with Gasteiger partial charge in [0.2, 0.25) is 0 Å². The number of benzene rings is 1. The number of nitrogens with zero attached hydrogens (tertiary/aromatic N) is 1. The van der Waals surface area contributed by atoms with Gasteiger partial charge in [-0.3, -0.25) is 0 Å². The van der Waals surface area contributed by atoms with Crippen LogP contribution >= 0.6 is 11.3 Å². The van der Waals surface area contributed by atoms with E-state index < -0.39 is 5.97 Å². The van der Waals surface area contributed by atoms with E-state index >= 15 is 0 Å². The zero-order valence-corrected chi connectivity index (χ0v) is 11.1. The minimum absolute atomic E-state index is 0. The predicted octanol–water partition coefficient (Wildman–Crippen LogP) is -2.33. The number of carbonyl (C=O) groups excluding carboxylic acids is 1. The molecule has 0 radical (unpaired) electrons. The molecular weight excluding hydrogens is 225 g/mol. The fourth-order valence-corrected chi connectivity index (χ4v) is 1.95. The Morgan fingerprint density at radius 2 is 2.27 bits per heavy atom. The average molecular weight is 231 g/mol. The Kier molecular flexibility index (Phi) is 4.10. The molecule has 72 valence electrons. The van der Waals surface area contributed by atoms with Gasteiger partial charge in [0.25, 0.3) is 0 Å². The van der Waals surface area contributed by atoms with Crippen LogP contribution in [0.2, 0.25) is 0 Å². The maximum Gasteiger partial charge on any atom is 1.00 e. The van der Waals surface area contributed by atoms with Gasteiger partial charge in [0.15, 0.2) is 0 Å². The fourth-order valence-electron chi connectivity index (χ4n) is 1.12. The number of carbonyl (C=O) groups is 1. The summed E-state index contributed by atoms with van der Waals surface area (Å²) in [6.07, 6.45) is 0. The van der Waals surface area contributed by atoms with E-state index in [1.807, 2.05) is 0 Å². The summed E-state index contributed by atoms with van der Waals surface area (Å²) < 4.78 is 5.79. The molecule has 0 bridgehead atoms. The van der Waals surface area contributed by atoms with Gasteiger partial charge >= 0.3 is 29.6 Å². The zero-order valence-electron chi connectivity index (χ0n) is 8.31. The standard InChI is InChI=1S/C9H7NO3S.Na/c1-13-5-2-3-6-7(4-5)14-8(10-6)9(11)12;/h2-4H,1H3,(H,11,12);/q;+1/p-1. The SMILES string of the molecule is COc1ccc2nc(C(=O)[O-])sc2c1.[Na+]. The summed E-state index contributed by atoms with van der Waals surface area (Å²) in [5.41, 5.74) is 0.648. The van der Waals surface area contributed by atoms with E-state index in [2.05, 4.69) is 4.98 Å². The van der Waals surface area contributed by atoms with Crippen molar-refractivity contribution in [1.29, 1.82) is 0 Å². The molecule has 2 rings (SSSR count). The van der Waals surface area contributed by atoms with Gasteiger partial charge in [-0.15, -0.1) is 11.3 Å². The number of thiazole rings is 1. The van der Waals surface area contributed by atoms with E-state index in [4.69, 9.17) is 4.74 Å². The molecule has 0 aliphatic rings. The number of methoxy groups -OCH3 is 1. The molecule has 4 nitrogen and oxygen atoms in total. The molecule has 15 heavy (non-hydrogen) atoms. The first kappa shape index (κ1) is 12.4. The molecule has 0 aliphatic heterocycles. The van der Waals surface area contributed by atoms with E-state index in [1.165, 1.54) is 0 Å². The number of carboxylic acids is 1. The smallest absolute Gasteiger partial charge is 0.542 e. The van der Waals surface area contributed by atoms with Crippen molar-refractivity contribution in [3.63, 3.8) is 0 Å². The molecule has 0 saturated carbocycles. The third kappa shape index (κ3) is 2.49. The molecule has 6 heteroatoms. The maximum atomic E-state index is 10.5. The Morgan fingerprint density at radius 1 is 1.53 bits per heavy atom. The van der Waals surface area contributed by atoms with Gasteiger partial charge in [0, 0.05) is 0 Å². The van der Waals surface area contributed by atoms with Crippen molar-refractivity contribution in [1.82, 2.24) is 4.98 Å². The van der Waals surface area contributed by atoms with Crippen LogP contribution in [0.4, 0.5) is 0 Å². The summed E-state index contributed by atoms with van der Waals surface area (Å²) in [6.45, 7) is 0. The molecule has 1 aromatic carbocycles. The molecule has 0 fully saturated rings. The molecule has 0 amide bonds. The minimum atomic E-state index is -1.25. The number of fused-ring (bicyclic) bond motifs is 1. The maximum absolute atomic E-state index is 10.5. The Labute approximate surface area is 112 Å². The van der Waals surface area contributed by atoms with E-state index in [-0.39, 0.29) is 34.6 Å². The van der Waals surface area contributed by atoms with Crippen molar-refractivity contribution < 1.29 is 44.2 Å². The normalized spacial score (nSPS) is 9.67. The van der Waals surface area contributed by atoms with Crippen LogP contribution in [0.3, 0.4) is 0 Å². The van der Waals surface area contributed by atoms with Crippen LogP contribution in [0.15, 0.2) is 18.2 Å². The largest absolute Gasteiger partial charge is 1.00 e. The molecule has 1 aromatic heterocycles. The fraction of sp³-hybridized carbons (Fsp3) is 0.111. The van der Waals surface area contributed by atoms with Crippen molar-refractivity contribution >= 4 is 27.5 Å². The van der Waals surface area contributed by atoms with E-state index in [9.17, 15) is 9.90 Å². The van der Waals surface area contributed by atoms with Gasteiger partial charge in [-0.05, 0) is 18.2 Å². The molecule has 0 aliphatic carbocycles. The van der Waals surface area contributed by atoms with Gasteiger partial charge in [0.1, 0.15) is 16.7 Å². The van der Waals surface area contributed by atoms with Crippen molar-refractivity contribution in [2.45, 2.75) is 0 Å². The first-order chi connectivity index (χ1) is 6.70. The van der Waals surface area contributed by atoms with E-state index in [0.29, 0.717) is 11.3 Å². The van der Waals surface area contributed by atoms with Gasteiger partial charge in [0.05, 0.1) is 17.3 Å². The van der Waals surface area contributed by atoms with Crippen LogP contribution in [0.5, 0.6) is 5.75 Å². The van der Waals surface area contributed by atoms with Crippen LogP contribution in [0.25, 0.3) is 10.2 Å². The molecule has 0 spiro atoms. The van der Waals surface area contributed by atoms with Crippen molar-refractivity contribution in [3.05, 3.63) is 23.2 Å². The number of aromatic carboxylic acids is 1. The predicted molar refractivity (Wildman–Crippen MR) is 50.5 cm³/mol. The second-order valence-electron chi connectivity index (χ2n) is 2.64. The Bertz CT molecular complexity index is 497. The third-order valence-electron chi connectivity index (χ3n) is 1.77. The Balaban J connectivity index is 0.00000112. The summed E-state index contributed by atoms with van der Waals surface area (Å²) in [5.74, 6) is -0.559. The topological polar surface area (TPSA) is 62.2 Å².